The molecule has 1 aliphatic heterocycles. The topological polar surface area (TPSA) is 89.9 Å². The van der Waals surface area contributed by atoms with Crippen molar-refractivity contribution < 1.29 is 9.32 Å². The second-order valence-corrected chi connectivity index (χ2v) is 5.44. The SMILES string of the molecule is Cc1noc(C)c1C(C)CC(=O)N1CCCn2nnnc21. The zero-order valence-electron chi connectivity index (χ0n) is 12.4. The Morgan fingerprint density at radius 3 is 2.90 bits per heavy atom. The number of hydrogen-bond acceptors (Lipinski definition) is 6. The van der Waals surface area contributed by atoms with Gasteiger partial charge in [0.25, 0.3) is 5.95 Å². The molecule has 3 heterocycles. The highest BCUT2D eigenvalue weighted by molar-refractivity contribution is 5.92. The van der Waals surface area contributed by atoms with Gasteiger partial charge in [-0.2, -0.15) is 0 Å². The van der Waals surface area contributed by atoms with Crippen molar-refractivity contribution in [3.8, 4) is 0 Å². The summed E-state index contributed by atoms with van der Waals surface area (Å²) < 4.78 is 6.84. The molecule has 8 heteroatoms. The zero-order chi connectivity index (χ0) is 15.0. The van der Waals surface area contributed by atoms with Gasteiger partial charge in [-0.3, -0.25) is 9.69 Å². The van der Waals surface area contributed by atoms with Crippen molar-refractivity contribution in [2.24, 2.45) is 0 Å². The number of rotatable bonds is 3. The van der Waals surface area contributed by atoms with Gasteiger partial charge in [-0.05, 0) is 36.6 Å². The number of aromatic nitrogens is 5. The predicted octanol–water partition coefficient (Wildman–Crippen LogP) is 1.21. The number of tetrazole rings is 1. The van der Waals surface area contributed by atoms with Crippen LogP contribution >= 0.6 is 0 Å². The predicted molar refractivity (Wildman–Crippen MR) is 73.8 cm³/mol. The molecule has 0 N–H and O–H groups in total. The van der Waals surface area contributed by atoms with Gasteiger partial charge in [0.2, 0.25) is 5.91 Å². The van der Waals surface area contributed by atoms with Crippen molar-refractivity contribution in [1.82, 2.24) is 25.4 Å². The van der Waals surface area contributed by atoms with E-state index in [1.165, 1.54) is 0 Å². The van der Waals surface area contributed by atoms with Crippen molar-refractivity contribution in [3.05, 3.63) is 17.0 Å². The minimum atomic E-state index is 0.0262. The van der Waals surface area contributed by atoms with Gasteiger partial charge in [0.05, 0.1) is 5.69 Å². The van der Waals surface area contributed by atoms with E-state index in [-0.39, 0.29) is 11.8 Å². The van der Waals surface area contributed by atoms with Crippen molar-refractivity contribution >= 4 is 11.9 Å². The summed E-state index contributed by atoms with van der Waals surface area (Å²) in [6.45, 7) is 7.20. The summed E-state index contributed by atoms with van der Waals surface area (Å²) in [5, 5.41) is 15.4. The van der Waals surface area contributed by atoms with Gasteiger partial charge in [0.15, 0.2) is 0 Å². The molecule has 0 aliphatic carbocycles. The highest BCUT2D eigenvalue weighted by Gasteiger charge is 2.28. The van der Waals surface area contributed by atoms with E-state index in [1.54, 1.807) is 9.58 Å². The molecule has 2 aromatic rings. The first-order valence-corrected chi connectivity index (χ1v) is 7.07. The highest BCUT2D eigenvalue weighted by Crippen LogP contribution is 2.27. The number of carbonyl (C=O) groups excluding carboxylic acids is 1. The molecule has 0 spiro atoms. The van der Waals surface area contributed by atoms with E-state index >= 15 is 0 Å². The van der Waals surface area contributed by atoms with Crippen molar-refractivity contribution in [1.29, 1.82) is 0 Å². The molecule has 1 aliphatic rings. The lowest BCUT2D eigenvalue weighted by Gasteiger charge is -2.26. The van der Waals surface area contributed by atoms with Crippen LogP contribution in [0.15, 0.2) is 4.52 Å². The third-order valence-corrected chi connectivity index (χ3v) is 3.87. The van der Waals surface area contributed by atoms with Crippen LogP contribution in [0.3, 0.4) is 0 Å². The molecule has 1 unspecified atom stereocenters. The van der Waals surface area contributed by atoms with Crippen molar-refractivity contribution in [3.63, 3.8) is 0 Å². The van der Waals surface area contributed by atoms with Crippen LogP contribution in [0, 0.1) is 13.8 Å². The molecule has 2 aromatic heterocycles. The normalized spacial score (nSPS) is 15.9. The molecule has 0 saturated heterocycles. The Hall–Kier alpha value is -2.25. The molecule has 0 radical (unpaired) electrons. The fourth-order valence-corrected chi connectivity index (χ4v) is 2.92. The molecule has 0 aromatic carbocycles. The summed E-state index contributed by atoms with van der Waals surface area (Å²) in [7, 11) is 0. The monoisotopic (exact) mass is 290 g/mol. The van der Waals surface area contributed by atoms with Crippen LogP contribution in [-0.4, -0.2) is 37.8 Å². The molecule has 0 bridgehead atoms. The molecule has 1 amide bonds. The van der Waals surface area contributed by atoms with Crippen LogP contribution in [0.2, 0.25) is 0 Å². The van der Waals surface area contributed by atoms with Crippen molar-refractivity contribution in [2.45, 2.75) is 46.1 Å². The van der Waals surface area contributed by atoms with Crippen LogP contribution in [0.1, 0.15) is 42.7 Å². The van der Waals surface area contributed by atoms with Gasteiger partial charge < -0.3 is 4.52 Å². The van der Waals surface area contributed by atoms with E-state index in [9.17, 15) is 4.79 Å². The summed E-state index contributed by atoms with van der Waals surface area (Å²) in [4.78, 5) is 14.2. The Kier molecular flexibility index (Phi) is 3.44. The van der Waals surface area contributed by atoms with Gasteiger partial charge in [-0.1, -0.05) is 17.2 Å². The third-order valence-electron chi connectivity index (χ3n) is 3.87. The van der Waals surface area contributed by atoms with Gasteiger partial charge in [0, 0.05) is 25.1 Å². The lowest BCUT2D eigenvalue weighted by Crippen LogP contribution is -2.38. The second-order valence-electron chi connectivity index (χ2n) is 5.44. The highest BCUT2D eigenvalue weighted by atomic mass is 16.5. The van der Waals surface area contributed by atoms with Crippen LogP contribution < -0.4 is 4.90 Å². The van der Waals surface area contributed by atoms with E-state index < -0.39 is 0 Å². The van der Waals surface area contributed by atoms with E-state index in [0.29, 0.717) is 18.9 Å². The Balaban J connectivity index is 1.76. The molecular formula is C13H18N6O2. The Morgan fingerprint density at radius 2 is 2.19 bits per heavy atom. The van der Waals surface area contributed by atoms with Gasteiger partial charge in [-0.15, -0.1) is 0 Å². The van der Waals surface area contributed by atoms with Gasteiger partial charge in [-0.25, -0.2) is 4.68 Å². The zero-order valence-corrected chi connectivity index (χ0v) is 12.4. The van der Waals surface area contributed by atoms with E-state index in [4.69, 9.17) is 4.52 Å². The lowest BCUT2D eigenvalue weighted by atomic mass is 9.95. The maximum absolute atomic E-state index is 12.6. The molecule has 112 valence electrons. The molecule has 21 heavy (non-hydrogen) atoms. The summed E-state index contributed by atoms with van der Waals surface area (Å²) >= 11 is 0. The average Bonchev–Trinajstić information content (AvgIpc) is 3.04. The standard InChI is InChI=1S/C13H18N6O2/c1-8(12-9(2)15-21-10(12)3)7-11(20)18-5-4-6-19-13(18)14-16-17-19/h8H,4-7H2,1-3H3. The number of nitrogens with zero attached hydrogens (tertiary/aromatic N) is 6. The van der Waals surface area contributed by atoms with E-state index in [2.05, 4.69) is 20.7 Å². The Bertz CT molecular complexity index is 642. The maximum Gasteiger partial charge on any atom is 0.252 e. The Morgan fingerprint density at radius 1 is 1.38 bits per heavy atom. The van der Waals surface area contributed by atoms with E-state index in [0.717, 1.165) is 30.0 Å². The fraction of sp³-hybridized carbons (Fsp3) is 0.615. The molecule has 0 fully saturated rings. The van der Waals surface area contributed by atoms with Gasteiger partial charge in [0.1, 0.15) is 5.76 Å². The number of amides is 1. The third kappa shape index (κ3) is 2.41. The summed E-state index contributed by atoms with van der Waals surface area (Å²) in [5.41, 5.74) is 1.86. The molecule has 1 atom stereocenters. The largest absolute Gasteiger partial charge is 0.361 e. The summed E-state index contributed by atoms with van der Waals surface area (Å²) in [6.07, 6.45) is 1.25. The minimum absolute atomic E-state index is 0.0262. The summed E-state index contributed by atoms with van der Waals surface area (Å²) in [5.74, 6) is 1.39. The van der Waals surface area contributed by atoms with Crippen molar-refractivity contribution in [2.75, 3.05) is 11.4 Å². The average molecular weight is 290 g/mol. The first-order valence-electron chi connectivity index (χ1n) is 7.07. The quantitative estimate of drug-likeness (QED) is 0.844. The molecule has 8 nitrogen and oxygen atoms in total. The Labute approximate surface area is 122 Å². The van der Waals surface area contributed by atoms with Crippen LogP contribution in [0.5, 0.6) is 0 Å². The maximum atomic E-state index is 12.6. The summed E-state index contributed by atoms with van der Waals surface area (Å²) in [6, 6.07) is 0. The number of anilines is 1. The first-order chi connectivity index (χ1) is 10.1. The first kappa shape index (κ1) is 13.7. The van der Waals surface area contributed by atoms with Crippen LogP contribution in [0.25, 0.3) is 0 Å². The van der Waals surface area contributed by atoms with Crippen LogP contribution in [-0.2, 0) is 11.3 Å². The number of aryl methyl sites for hydroxylation is 3. The molecule has 3 rings (SSSR count). The van der Waals surface area contributed by atoms with E-state index in [1.807, 2.05) is 20.8 Å². The van der Waals surface area contributed by atoms with Crippen LogP contribution in [0.4, 0.5) is 5.95 Å². The molecule has 0 saturated carbocycles. The molecular weight excluding hydrogens is 272 g/mol. The number of fused-ring (bicyclic) bond motifs is 1. The smallest absolute Gasteiger partial charge is 0.252 e. The van der Waals surface area contributed by atoms with Gasteiger partial charge >= 0.3 is 0 Å². The lowest BCUT2D eigenvalue weighted by molar-refractivity contribution is -0.119. The fourth-order valence-electron chi connectivity index (χ4n) is 2.92. The second kappa shape index (κ2) is 5.27. The minimum Gasteiger partial charge on any atom is -0.361 e. The number of carbonyl (C=O) groups is 1. The number of hydrogen-bond donors (Lipinski definition) is 0.